The van der Waals surface area contributed by atoms with Crippen molar-refractivity contribution in [1.82, 2.24) is 20.5 Å². The minimum Gasteiger partial charge on any atom is -0.477 e. The number of rotatable bonds is 10. The summed E-state index contributed by atoms with van der Waals surface area (Å²) in [6.07, 6.45) is 8.23. The number of thioether (sulfide) groups is 1. The summed E-state index contributed by atoms with van der Waals surface area (Å²) in [4.78, 5) is 58.2. The molecule has 1 fully saturated rings. The Morgan fingerprint density at radius 3 is 2.73 bits per heavy atom. The average Bonchev–Trinajstić information content (AvgIpc) is 3.42. The zero-order chi connectivity index (χ0) is 29.7. The quantitative estimate of drug-likeness (QED) is 0.0600. The van der Waals surface area contributed by atoms with Gasteiger partial charge in [-0.1, -0.05) is 16.8 Å². The molecule has 13 nitrogen and oxygen atoms in total. The Kier molecular flexibility index (Phi) is 9.10. The molecule has 4 heterocycles. The maximum Gasteiger partial charge on any atom is 0.352 e. The van der Waals surface area contributed by atoms with Crippen LogP contribution in [0.25, 0.3) is 17.2 Å². The van der Waals surface area contributed by atoms with Crippen molar-refractivity contribution < 1.29 is 33.7 Å². The molecule has 4 rings (SSSR count). The van der Waals surface area contributed by atoms with Gasteiger partial charge in [0.15, 0.2) is 25.1 Å². The second-order valence-corrected chi connectivity index (χ2v) is 10.4. The number of nitrogens with one attached hydrogen (secondary N) is 3. The molecular weight excluding hydrogens is 574 g/mol. The van der Waals surface area contributed by atoms with E-state index in [4.69, 9.17) is 21.7 Å². The molecule has 0 bridgehead atoms. The number of hydrogen-bond acceptors (Lipinski definition) is 8. The minimum absolute atomic E-state index is 0.0626. The number of fused-ring (bicyclic) bond motifs is 1. The van der Waals surface area contributed by atoms with Gasteiger partial charge >= 0.3 is 5.97 Å². The third kappa shape index (κ3) is 6.42. The standard InChI is InChI=1S/C26H24ClN7O6S/c1-3-40-32-14(2)22(35)31-20-24(37)34-21(26(38)39)17(12-41-25(20)34)11-33-6-4-15(5-7-33)16-8-18(29-10-16)9-19(27)23(36)30-13-28/h4-10,20,25H,3,11-12H2,1-2H3,(H3,30,31,35,36,38,39)/p+1/b19-9-,32-14+. The Hall–Kier alpha value is -4.61. The fraction of sp³-hybridized carbons (Fsp3) is 0.269. The van der Waals surface area contributed by atoms with Crippen LogP contribution in [-0.4, -0.2) is 68.2 Å². The summed E-state index contributed by atoms with van der Waals surface area (Å²) < 4.78 is 1.80. The molecule has 4 N–H and O–H groups in total. The lowest BCUT2D eigenvalue weighted by Gasteiger charge is -2.49. The van der Waals surface area contributed by atoms with E-state index in [9.17, 15) is 24.3 Å². The van der Waals surface area contributed by atoms with Crippen LogP contribution in [0.1, 0.15) is 19.5 Å². The molecule has 3 amide bonds. The zero-order valence-corrected chi connectivity index (χ0v) is 23.5. The van der Waals surface area contributed by atoms with Crippen molar-refractivity contribution in [3.8, 4) is 17.3 Å². The number of oxime groups is 1. The number of nitriles is 1. The number of pyridine rings is 1. The molecule has 2 unspecified atom stereocenters. The van der Waals surface area contributed by atoms with E-state index in [0.717, 1.165) is 11.1 Å². The Morgan fingerprint density at radius 2 is 2.07 bits per heavy atom. The van der Waals surface area contributed by atoms with E-state index in [1.54, 1.807) is 36.1 Å². The first-order chi connectivity index (χ1) is 19.6. The van der Waals surface area contributed by atoms with Gasteiger partial charge in [-0.2, -0.15) is 5.26 Å². The van der Waals surface area contributed by atoms with E-state index in [1.165, 1.54) is 35.9 Å². The zero-order valence-electron chi connectivity index (χ0n) is 21.9. The first-order valence-electron chi connectivity index (χ1n) is 12.3. The van der Waals surface area contributed by atoms with Crippen LogP contribution >= 0.6 is 23.4 Å². The molecule has 0 spiro atoms. The molecule has 0 aromatic carbocycles. The third-order valence-electron chi connectivity index (χ3n) is 6.17. The van der Waals surface area contributed by atoms with Crippen LogP contribution in [0.5, 0.6) is 0 Å². The minimum atomic E-state index is -1.22. The van der Waals surface area contributed by atoms with Gasteiger partial charge in [-0.3, -0.25) is 24.6 Å². The van der Waals surface area contributed by atoms with E-state index in [0.29, 0.717) is 23.6 Å². The lowest BCUT2D eigenvalue weighted by molar-refractivity contribution is -0.689. The van der Waals surface area contributed by atoms with Crippen LogP contribution in [0.4, 0.5) is 0 Å². The van der Waals surface area contributed by atoms with Crippen molar-refractivity contribution in [2.75, 3.05) is 12.4 Å². The van der Waals surface area contributed by atoms with Crippen LogP contribution in [0.3, 0.4) is 0 Å². The molecule has 0 aliphatic carbocycles. The van der Waals surface area contributed by atoms with Crippen molar-refractivity contribution in [3.63, 3.8) is 0 Å². The lowest BCUT2D eigenvalue weighted by Crippen LogP contribution is -2.71. The second-order valence-electron chi connectivity index (χ2n) is 8.87. The first kappa shape index (κ1) is 29.4. The van der Waals surface area contributed by atoms with Gasteiger partial charge < -0.3 is 20.2 Å². The van der Waals surface area contributed by atoms with Gasteiger partial charge in [-0.25, -0.2) is 9.36 Å². The molecule has 2 aromatic heterocycles. The number of amides is 3. The fourth-order valence-electron chi connectivity index (χ4n) is 4.20. The SMILES string of the molecule is CCO/N=C(\C)C(=O)NC1C(=O)N2C(C(=O)O)=C(C[n+]3ccc(-c4c[nH]c(/C=C(\Cl)C(=O)NC#N)c4)cc3)CSC12. The van der Waals surface area contributed by atoms with Gasteiger partial charge in [0.1, 0.15) is 34.5 Å². The first-order valence-corrected chi connectivity index (χ1v) is 13.7. The number of aliphatic carboxylic acids is 1. The van der Waals surface area contributed by atoms with E-state index < -0.39 is 35.1 Å². The summed E-state index contributed by atoms with van der Waals surface area (Å²) in [6, 6.07) is 4.60. The van der Waals surface area contributed by atoms with E-state index >= 15 is 0 Å². The van der Waals surface area contributed by atoms with E-state index in [1.807, 2.05) is 17.4 Å². The molecule has 2 aliphatic rings. The maximum atomic E-state index is 12.9. The number of carbonyl (C=O) groups excluding carboxylic acids is 3. The van der Waals surface area contributed by atoms with E-state index in [-0.39, 0.29) is 23.0 Å². The fourth-order valence-corrected chi connectivity index (χ4v) is 5.70. The summed E-state index contributed by atoms with van der Waals surface area (Å²) in [6.45, 7) is 3.72. The predicted molar refractivity (Wildman–Crippen MR) is 148 cm³/mol. The molecule has 15 heteroatoms. The molecule has 0 radical (unpaired) electrons. The van der Waals surface area contributed by atoms with Crippen molar-refractivity contribution in [1.29, 1.82) is 5.26 Å². The Balaban J connectivity index is 1.46. The monoisotopic (exact) mass is 598 g/mol. The van der Waals surface area contributed by atoms with Crippen LogP contribution in [0.2, 0.25) is 0 Å². The number of carboxylic acid groups (broad SMARTS) is 1. The van der Waals surface area contributed by atoms with Gasteiger partial charge in [0.05, 0.1) is 0 Å². The molecule has 0 saturated carbocycles. The molecule has 2 aromatic rings. The summed E-state index contributed by atoms with van der Waals surface area (Å²) in [5, 5.41) is 26.0. The highest BCUT2D eigenvalue weighted by Crippen LogP contribution is 2.40. The van der Waals surface area contributed by atoms with Crippen LogP contribution in [0.15, 0.2) is 58.2 Å². The smallest absolute Gasteiger partial charge is 0.352 e. The number of nitrogens with zero attached hydrogens (tertiary/aromatic N) is 4. The lowest BCUT2D eigenvalue weighted by atomic mass is 10.0. The van der Waals surface area contributed by atoms with Crippen molar-refractivity contribution in [2.45, 2.75) is 31.8 Å². The summed E-state index contributed by atoms with van der Waals surface area (Å²) in [7, 11) is 0. The average molecular weight is 599 g/mol. The van der Waals surface area contributed by atoms with Crippen LogP contribution in [0, 0.1) is 11.5 Å². The van der Waals surface area contributed by atoms with Crippen molar-refractivity contribution in [2.24, 2.45) is 5.16 Å². The summed E-state index contributed by atoms with van der Waals surface area (Å²) in [5.74, 6) is -2.63. The van der Waals surface area contributed by atoms with Gasteiger partial charge in [-0.05, 0) is 31.6 Å². The van der Waals surface area contributed by atoms with Crippen LogP contribution in [-0.2, 0) is 30.6 Å². The topological polar surface area (TPSA) is 181 Å². The molecule has 41 heavy (non-hydrogen) atoms. The molecule has 1 saturated heterocycles. The number of hydrogen-bond donors (Lipinski definition) is 4. The molecule has 212 valence electrons. The van der Waals surface area contributed by atoms with Crippen LogP contribution < -0.4 is 15.2 Å². The second kappa shape index (κ2) is 12.7. The van der Waals surface area contributed by atoms with Crippen molar-refractivity contribution >= 4 is 58.8 Å². The van der Waals surface area contributed by atoms with Gasteiger partial charge in [0.25, 0.3) is 17.7 Å². The Bertz CT molecular complexity index is 1530. The Morgan fingerprint density at radius 1 is 1.34 bits per heavy atom. The Labute approximate surface area is 243 Å². The number of carboxylic acids is 1. The highest BCUT2D eigenvalue weighted by molar-refractivity contribution is 8.00. The summed E-state index contributed by atoms with van der Waals surface area (Å²) in [5.41, 5.74) is 2.76. The molecular formula is C26H25ClN7O6S+. The number of aromatic nitrogens is 2. The summed E-state index contributed by atoms with van der Waals surface area (Å²) >= 11 is 7.29. The largest absolute Gasteiger partial charge is 0.477 e. The number of H-pyrrole nitrogens is 1. The highest BCUT2D eigenvalue weighted by atomic mass is 35.5. The number of carbonyl (C=O) groups is 4. The number of halogens is 1. The third-order valence-corrected chi connectivity index (χ3v) is 7.79. The number of β-lactam (4-membered cyclic amide) rings is 1. The maximum absolute atomic E-state index is 12.9. The molecule has 2 aliphatic heterocycles. The van der Waals surface area contributed by atoms with E-state index in [2.05, 4.69) is 15.5 Å². The van der Waals surface area contributed by atoms with Crippen molar-refractivity contribution in [3.05, 3.63) is 58.8 Å². The number of aromatic amines is 1. The normalized spacial score (nSPS) is 18.7. The molecule has 2 atom stereocenters. The van der Waals surface area contributed by atoms with Gasteiger partial charge in [0.2, 0.25) is 0 Å². The van der Waals surface area contributed by atoms with Gasteiger partial charge in [0, 0.05) is 40.9 Å². The predicted octanol–water partition coefficient (Wildman–Crippen LogP) is 1.30. The highest BCUT2D eigenvalue weighted by Gasteiger charge is 2.54. The van der Waals surface area contributed by atoms with Gasteiger partial charge in [-0.15, -0.1) is 11.8 Å².